The van der Waals surface area contributed by atoms with Gasteiger partial charge in [-0.05, 0) is 42.0 Å². The second kappa shape index (κ2) is 7.59. The van der Waals surface area contributed by atoms with Crippen LogP contribution in [-0.2, 0) is 0 Å². The minimum absolute atomic E-state index is 0. The van der Waals surface area contributed by atoms with E-state index in [1.54, 1.807) is 6.20 Å². The van der Waals surface area contributed by atoms with Gasteiger partial charge in [0.2, 0.25) is 0 Å². The van der Waals surface area contributed by atoms with Gasteiger partial charge in [-0.15, -0.1) is 12.4 Å². The molecule has 0 bridgehead atoms. The third-order valence-electron chi connectivity index (χ3n) is 5.33. The number of carbonyl (C=O) groups is 1. The molecule has 26 heavy (non-hydrogen) atoms. The van der Waals surface area contributed by atoms with Crippen molar-refractivity contribution in [3.8, 4) is 5.69 Å². The molecule has 140 valence electrons. The fraction of sp³-hybridized carbons (Fsp3) is 0.474. The third kappa shape index (κ3) is 3.36. The summed E-state index contributed by atoms with van der Waals surface area (Å²) in [6, 6.07) is 7.56. The van der Waals surface area contributed by atoms with Crippen LogP contribution in [0.25, 0.3) is 5.69 Å². The van der Waals surface area contributed by atoms with E-state index in [9.17, 15) is 4.79 Å². The maximum atomic E-state index is 13.1. The van der Waals surface area contributed by atoms with E-state index in [2.05, 4.69) is 24.3 Å². The van der Waals surface area contributed by atoms with Crippen LogP contribution in [0.4, 0.5) is 0 Å². The van der Waals surface area contributed by atoms with Gasteiger partial charge in [0.25, 0.3) is 5.91 Å². The minimum atomic E-state index is 0. The number of aromatic nitrogens is 2. The predicted molar refractivity (Wildman–Crippen MR) is 106 cm³/mol. The normalized spacial score (nSPS) is 21.8. The van der Waals surface area contributed by atoms with E-state index in [-0.39, 0.29) is 24.2 Å². The van der Waals surface area contributed by atoms with E-state index in [1.807, 2.05) is 33.8 Å². The molecule has 7 heteroatoms. The predicted octanol–water partition coefficient (Wildman–Crippen LogP) is 3.36. The van der Waals surface area contributed by atoms with Gasteiger partial charge in [-0.2, -0.15) is 5.10 Å². The van der Waals surface area contributed by atoms with Gasteiger partial charge in [-0.25, -0.2) is 4.68 Å². The Kier molecular flexibility index (Phi) is 5.61. The summed E-state index contributed by atoms with van der Waals surface area (Å²) >= 11 is 5.99. The quantitative estimate of drug-likeness (QED) is 0.867. The molecule has 0 radical (unpaired) electrons. The van der Waals surface area contributed by atoms with Gasteiger partial charge < -0.3 is 10.2 Å². The molecule has 0 aliphatic carbocycles. The summed E-state index contributed by atoms with van der Waals surface area (Å²) in [5.41, 5.74) is 2.61. The number of fused-ring (bicyclic) bond motifs is 1. The van der Waals surface area contributed by atoms with Crippen LogP contribution in [0.15, 0.2) is 30.5 Å². The molecule has 0 unspecified atom stereocenters. The summed E-state index contributed by atoms with van der Waals surface area (Å²) in [4.78, 5) is 15.1. The Morgan fingerprint density at radius 1 is 1.19 bits per heavy atom. The lowest BCUT2D eigenvalue weighted by Crippen LogP contribution is -2.32. The third-order valence-corrected chi connectivity index (χ3v) is 5.58. The Labute approximate surface area is 165 Å². The molecule has 2 fully saturated rings. The van der Waals surface area contributed by atoms with Crippen LogP contribution >= 0.6 is 24.0 Å². The highest BCUT2D eigenvalue weighted by molar-refractivity contribution is 6.30. The number of carbonyl (C=O) groups excluding carboxylic acids is 1. The number of amides is 1. The van der Waals surface area contributed by atoms with Crippen LogP contribution in [0.3, 0.4) is 0 Å². The lowest BCUT2D eigenvalue weighted by molar-refractivity contribution is 0.0780. The Hall–Kier alpha value is -1.56. The number of hydrogen-bond acceptors (Lipinski definition) is 3. The molecular formula is C19H24Cl2N4O. The van der Waals surface area contributed by atoms with Crippen molar-refractivity contribution in [1.82, 2.24) is 20.0 Å². The van der Waals surface area contributed by atoms with E-state index in [0.717, 1.165) is 43.1 Å². The van der Waals surface area contributed by atoms with E-state index in [0.29, 0.717) is 16.9 Å². The largest absolute Gasteiger partial charge is 0.338 e. The van der Waals surface area contributed by atoms with Crippen LogP contribution in [0.5, 0.6) is 0 Å². The fourth-order valence-electron chi connectivity index (χ4n) is 4.06. The Bertz CT molecular complexity index is 775. The van der Waals surface area contributed by atoms with Crippen molar-refractivity contribution >= 4 is 29.9 Å². The van der Waals surface area contributed by atoms with Gasteiger partial charge in [-0.3, -0.25) is 4.79 Å². The van der Waals surface area contributed by atoms with Crippen LogP contribution < -0.4 is 5.32 Å². The van der Waals surface area contributed by atoms with Gasteiger partial charge in [0.1, 0.15) is 0 Å². The first-order valence-corrected chi connectivity index (χ1v) is 9.26. The number of nitrogens with one attached hydrogen (secondary N) is 1. The maximum absolute atomic E-state index is 13.1. The molecule has 1 aromatic carbocycles. The standard InChI is InChI=1S/C19H23ClN4O.ClH/c1-12(2)18-17(9-22-24(18)16-5-3-15(20)4-6-16)19(25)23-10-13-7-21-8-14(13)11-23;/h3-6,9,12-14,21H,7-8,10-11H2,1-2H3;1H/t13-,14+;. The lowest BCUT2D eigenvalue weighted by Gasteiger charge is -2.19. The molecule has 2 saturated heterocycles. The summed E-state index contributed by atoms with van der Waals surface area (Å²) in [5, 5.41) is 8.62. The van der Waals surface area contributed by atoms with Gasteiger partial charge >= 0.3 is 0 Å². The zero-order valence-corrected chi connectivity index (χ0v) is 16.6. The maximum Gasteiger partial charge on any atom is 0.257 e. The van der Waals surface area contributed by atoms with E-state index >= 15 is 0 Å². The molecule has 0 spiro atoms. The highest BCUT2D eigenvalue weighted by Gasteiger charge is 2.39. The van der Waals surface area contributed by atoms with Crippen molar-refractivity contribution in [1.29, 1.82) is 0 Å². The van der Waals surface area contributed by atoms with E-state index in [4.69, 9.17) is 11.6 Å². The van der Waals surface area contributed by atoms with Crippen LogP contribution in [0, 0.1) is 11.8 Å². The monoisotopic (exact) mass is 394 g/mol. The lowest BCUT2D eigenvalue weighted by atomic mass is 10.0. The molecule has 2 aliphatic rings. The molecule has 2 aromatic rings. The van der Waals surface area contributed by atoms with Crippen LogP contribution in [-0.4, -0.2) is 46.8 Å². The SMILES string of the molecule is CC(C)c1c(C(=O)N2C[C@H]3CNC[C@H]3C2)cnn1-c1ccc(Cl)cc1.Cl. The first kappa shape index (κ1) is 19.2. The second-order valence-corrected chi connectivity index (χ2v) is 7.81. The van der Waals surface area contributed by atoms with Gasteiger partial charge in [0.15, 0.2) is 0 Å². The van der Waals surface area contributed by atoms with E-state index < -0.39 is 0 Å². The topological polar surface area (TPSA) is 50.2 Å². The first-order valence-electron chi connectivity index (χ1n) is 8.88. The average Bonchev–Trinajstić information content (AvgIpc) is 3.28. The molecular weight excluding hydrogens is 371 g/mol. The summed E-state index contributed by atoms with van der Waals surface area (Å²) in [6.45, 7) is 7.94. The number of rotatable bonds is 3. The van der Waals surface area contributed by atoms with Crippen molar-refractivity contribution in [3.63, 3.8) is 0 Å². The van der Waals surface area contributed by atoms with Gasteiger partial charge in [0.05, 0.1) is 23.1 Å². The summed E-state index contributed by atoms with van der Waals surface area (Å²) < 4.78 is 1.87. The fourth-order valence-corrected chi connectivity index (χ4v) is 4.18. The van der Waals surface area contributed by atoms with Gasteiger partial charge in [-0.1, -0.05) is 25.4 Å². The minimum Gasteiger partial charge on any atom is -0.338 e. The molecule has 0 saturated carbocycles. The average molecular weight is 395 g/mol. The molecule has 1 amide bonds. The zero-order valence-electron chi connectivity index (χ0n) is 15.0. The molecule has 3 heterocycles. The van der Waals surface area contributed by atoms with Crippen molar-refractivity contribution in [2.75, 3.05) is 26.2 Å². The second-order valence-electron chi connectivity index (χ2n) is 7.37. The Morgan fingerprint density at radius 3 is 2.38 bits per heavy atom. The summed E-state index contributed by atoms with van der Waals surface area (Å²) in [6.07, 6.45) is 1.72. The number of benzene rings is 1. The number of nitrogens with zero attached hydrogens (tertiary/aromatic N) is 3. The molecule has 1 N–H and O–H groups in total. The van der Waals surface area contributed by atoms with Crippen molar-refractivity contribution < 1.29 is 4.79 Å². The molecule has 2 atom stereocenters. The smallest absolute Gasteiger partial charge is 0.257 e. The number of halogens is 2. The Morgan fingerprint density at radius 2 is 1.81 bits per heavy atom. The van der Waals surface area contributed by atoms with Crippen molar-refractivity contribution in [2.45, 2.75) is 19.8 Å². The van der Waals surface area contributed by atoms with Crippen LogP contribution in [0.2, 0.25) is 5.02 Å². The van der Waals surface area contributed by atoms with E-state index in [1.165, 1.54) is 0 Å². The molecule has 4 rings (SSSR count). The molecule has 2 aliphatic heterocycles. The van der Waals surface area contributed by atoms with Crippen LogP contribution in [0.1, 0.15) is 35.8 Å². The first-order chi connectivity index (χ1) is 12.0. The zero-order chi connectivity index (χ0) is 17.6. The highest BCUT2D eigenvalue weighted by Crippen LogP contribution is 2.30. The summed E-state index contributed by atoms with van der Waals surface area (Å²) in [5.74, 6) is 1.50. The van der Waals surface area contributed by atoms with Gasteiger partial charge in [0, 0.05) is 31.2 Å². The molecule has 1 aromatic heterocycles. The molecule has 5 nitrogen and oxygen atoms in total. The highest BCUT2D eigenvalue weighted by atomic mass is 35.5. The van der Waals surface area contributed by atoms with Crippen molar-refractivity contribution in [3.05, 3.63) is 46.7 Å². The van der Waals surface area contributed by atoms with Crippen molar-refractivity contribution in [2.24, 2.45) is 11.8 Å². The Balaban J connectivity index is 0.00000196. The summed E-state index contributed by atoms with van der Waals surface area (Å²) in [7, 11) is 0. The number of hydrogen-bond donors (Lipinski definition) is 1. The number of likely N-dealkylation sites (tertiary alicyclic amines) is 1.